The normalized spacial score (nSPS) is 10.6. The highest BCUT2D eigenvalue weighted by atomic mass is 16.3. The fourth-order valence-electron chi connectivity index (χ4n) is 1.39. The van der Waals surface area contributed by atoms with Crippen LogP contribution in [0.4, 0.5) is 5.69 Å². The SMILES string of the molecule is CN(C)CCN(C)C(=O)c1cc(O)ccc1N. The molecular formula is C12H19N3O2. The van der Waals surface area contributed by atoms with Crippen molar-refractivity contribution in [3.63, 3.8) is 0 Å². The number of hydrogen-bond donors (Lipinski definition) is 2. The Labute approximate surface area is 101 Å². The second-order valence-corrected chi connectivity index (χ2v) is 4.30. The molecule has 0 saturated heterocycles. The third-order valence-corrected chi connectivity index (χ3v) is 2.50. The molecule has 0 fully saturated rings. The zero-order valence-corrected chi connectivity index (χ0v) is 10.5. The Hall–Kier alpha value is -1.75. The van der Waals surface area contributed by atoms with Gasteiger partial charge in [0.25, 0.3) is 5.91 Å². The van der Waals surface area contributed by atoms with Crippen LogP contribution in [0.2, 0.25) is 0 Å². The Morgan fingerprint density at radius 1 is 1.29 bits per heavy atom. The van der Waals surface area contributed by atoms with E-state index in [1.807, 2.05) is 19.0 Å². The van der Waals surface area contributed by atoms with Gasteiger partial charge in [0.05, 0.1) is 5.56 Å². The largest absolute Gasteiger partial charge is 0.508 e. The molecule has 5 nitrogen and oxygen atoms in total. The average molecular weight is 237 g/mol. The Kier molecular flexibility index (Phi) is 4.34. The van der Waals surface area contributed by atoms with Crippen LogP contribution in [0.3, 0.4) is 0 Å². The van der Waals surface area contributed by atoms with Crippen molar-refractivity contribution in [1.29, 1.82) is 0 Å². The molecule has 5 heteroatoms. The summed E-state index contributed by atoms with van der Waals surface area (Å²) in [6.07, 6.45) is 0. The number of carbonyl (C=O) groups is 1. The maximum Gasteiger partial charge on any atom is 0.255 e. The Balaban J connectivity index is 2.78. The summed E-state index contributed by atoms with van der Waals surface area (Å²) in [6, 6.07) is 4.39. The molecule has 0 atom stereocenters. The van der Waals surface area contributed by atoms with Crippen LogP contribution in [0.15, 0.2) is 18.2 Å². The summed E-state index contributed by atoms with van der Waals surface area (Å²) in [5, 5.41) is 9.35. The number of carbonyl (C=O) groups excluding carboxylic acids is 1. The van der Waals surface area contributed by atoms with Crippen LogP contribution in [0.5, 0.6) is 5.75 Å². The van der Waals surface area contributed by atoms with E-state index in [0.717, 1.165) is 6.54 Å². The van der Waals surface area contributed by atoms with Gasteiger partial charge in [-0.3, -0.25) is 4.79 Å². The average Bonchev–Trinajstić information content (AvgIpc) is 2.28. The number of benzene rings is 1. The van der Waals surface area contributed by atoms with Crippen molar-refractivity contribution in [3.05, 3.63) is 23.8 Å². The summed E-state index contributed by atoms with van der Waals surface area (Å²) in [5.41, 5.74) is 6.43. The Morgan fingerprint density at radius 2 is 1.94 bits per heavy atom. The van der Waals surface area contributed by atoms with Gasteiger partial charge in [0.2, 0.25) is 0 Å². The number of likely N-dealkylation sites (N-methyl/N-ethyl adjacent to an activating group) is 2. The van der Waals surface area contributed by atoms with Gasteiger partial charge in [-0.05, 0) is 32.3 Å². The molecule has 17 heavy (non-hydrogen) atoms. The molecule has 0 spiro atoms. The number of nitrogens with two attached hydrogens (primary N) is 1. The summed E-state index contributed by atoms with van der Waals surface area (Å²) in [4.78, 5) is 15.6. The van der Waals surface area contributed by atoms with E-state index in [2.05, 4.69) is 0 Å². The predicted octanol–water partition coefficient (Wildman–Crippen LogP) is 0.608. The molecule has 0 aliphatic rings. The van der Waals surface area contributed by atoms with Crippen LogP contribution in [0.25, 0.3) is 0 Å². The third kappa shape index (κ3) is 3.64. The van der Waals surface area contributed by atoms with E-state index in [9.17, 15) is 9.90 Å². The van der Waals surface area contributed by atoms with Gasteiger partial charge < -0.3 is 20.6 Å². The number of rotatable bonds is 4. The van der Waals surface area contributed by atoms with Crippen LogP contribution in [0, 0.1) is 0 Å². The van der Waals surface area contributed by atoms with Crippen molar-refractivity contribution in [2.75, 3.05) is 40.0 Å². The summed E-state index contributed by atoms with van der Waals surface area (Å²) in [5.74, 6) is -0.135. The van der Waals surface area contributed by atoms with Gasteiger partial charge in [-0.1, -0.05) is 0 Å². The lowest BCUT2D eigenvalue weighted by Gasteiger charge is -2.20. The number of phenolic OH excluding ortho intramolecular Hbond substituents is 1. The highest BCUT2D eigenvalue weighted by Gasteiger charge is 2.15. The van der Waals surface area contributed by atoms with E-state index in [1.54, 1.807) is 11.9 Å². The predicted molar refractivity (Wildman–Crippen MR) is 68.0 cm³/mol. The first-order valence-electron chi connectivity index (χ1n) is 5.40. The molecule has 0 bridgehead atoms. The quantitative estimate of drug-likeness (QED) is 0.594. The first-order chi connectivity index (χ1) is 7.91. The molecule has 1 amide bonds. The van der Waals surface area contributed by atoms with Gasteiger partial charge >= 0.3 is 0 Å². The van der Waals surface area contributed by atoms with Crippen molar-refractivity contribution in [1.82, 2.24) is 9.80 Å². The fourth-order valence-corrected chi connectivity index (χ4v) is 1.39. The van der Waals surface area contributed by atoms with Gasteiger partial charge in [-0.25, -0.2) is 0 Å². The van der Waals surface area contributed by atoms with E-state index in [-0.39, 0.29) is 11.7 Å². The minimum Gasteiger partial charge on any atom is -0.508 e. The highest BCUT2D eigenvalue weighted by molar-refractivity contribution is 5.99. The molecule has 94 valence electrons. The van der Waals surface area contributed by atoms with Crippen LogP contribution in [0.1, 0.15) is 10.4 Å². The second-order valence-electron chi connectivity index (χ2n) is 4.30. The molecule has 3 N–H and O–H groups in total. The molecule has 0 unspecified atom stereocenters. The molecular weight excluding hydrogens is 218 g/mol. The monoisotopic (exact) mass is 237 g/mol. The van der Waals surface area contributed by atoms with Crippen LogP contribution < -0.4 is 5.73 Å². The molecule has 0 saturated carbocycles. The maximum absolute atomic E-state index is 12.0. The number of anilines is 1. The van der Waals surface area contributed by atoms with Crippen molar-refractivity contribution in [2.24, 2.45) is 0 Å². The molecule has 0 radical (unpaired) electrons. The number of nitrogens with zero attached hydrogens (tertiary/aromatic N) is 2. The maximum atomic E-state index is 12.0. The van der Waals surface area contributed by atoms with E-state index in [1.165, 1.54) is 18.2 Å². The zero-order chi connectivity index (χ0) is 13.0. The minimum atomic E-state index is -0.180. The van der Waals surface area contributed by atoms with Crippen LogP contribution >= 0.6 is 0 Å². The number of nitrogen functional groups attached to an aromatic ring is 1. The molecule has 1 aromatic rings. The van der Waals surface area contributed by atoms with E-state index >= 15 is 0 Å². The van der Waals surface area contributed by atoms with Gasteiger partial charge in [-0.2, -0.15) is 0 Å². The summed E-state index contributed by atoms with van der Waals surface area (Å²) in [6.45, 7) is 1.39. The molecule has 0 heterocycles. The molecule has 0 aliphatic heterocycles. The number of amides is 1. The van der Waals surface area contributed by atoms with Crippen molar-refractivity contribution < 1.29 is 9.90 Å². The highest BCUT2D eigenvalue weighted by Crippen LogP contribution is 2.19. The first kappa shape index (κ1) is 13.3. The summed E-state index contributed by atoms with van der Waals surface area (Å²) in [7, 11) is 5.61. The zero-order valence-electron chi connectivity index (χ0n) is 10.5. The molecule has 1 aromatic carbocycles. The van der Waals surface area contributed by atoms with Gasteiger partial charge in [0.1, 0.15) is 5.75 Å². The van der Waals surface area contributed by atoms with E-state index in [4.69, 9.17) is 5.73 Å². The van der Waals surface area contributed by atoms with Crippen molar-refractivity contribution in [2.45, 2.75) is 0 Å². The standard InChI is InChI=1S/C12H19N3O2/c1-14(2)6-7-15(3)12(17)10-8-9(16)4-5-11(10)13/h4-5,8,16H,6-7,13H2,1-3H3. The molecule has 1 rings (SSSR count). The lowest BCUT2D eigenvalue weighted by atomic mass is 10.1. The second kappa shape index (κ2) is 5.54. The number of phenols is 1. The molecule has 0 aliphatic carbocycles. The van der Waals surface area contributed by atoms with E-state index < -0.39 is 0 Å². The molecule has 0 aromatic heterocycles. The van der Waals surface area contributed by atoms with Crippen LogP contribution in [-0.2, 0) is 0 Å². The van der Waals surface area contributed by atoms with Crippen LogP contribution in [-0.4, -0.2) is 55.0 Å². The summed E-state index contributed by atoms with van der Waals surface area (Å²) >= 11 is 0. The van der Waals surface area contributed by atoms with Gasteiger partial charge in [0.15, 0.2) is 0 Å². The topological polar surface area (TPSA) is 69.8 Å². The van der Waals surface area contributed by atoms with Crippen molar-refractivity contribution in [3.8, 4) is 5.75 Å². The summed E-state index contributed by atoms with van der Waals surface area (Å²) < 4.78 is 0. The van der Waals surface area contributed by atoms with Gasteiger partial charge in [0, 0.05) is 25.8 Å². The number of hydrogen-bond acceptors (Lipinski definition) is 4. The third-order valence-electron chi connectivity index (χ3n) is 2.50. The fraction of sp³-hybridized carbons (Fsp3) is 0.417. The van der Waals surface area contributed by atoms with E-state index in [0.29, 0.717) is 17.8 Å². The minimum absolute atomic E-state index is 0.0450. The Bertz CT molecular complexity index is 405. The Morgan fingerprint density at radius 3 is 2.53 bits per heavy atom. The first-order valence-corrected chi connectivity index (χ1v) is 5.40. The van der Waals surface area contributed by atoms with Crippen molar-refractivity contribution >= 4 is 11.6 Å². The lowest BCUT2D eigenvalue weighted by molar-refractivity contribution is 0.0787. The number of aromatic hydroxyl groups is 1. The smallest absolute Gasteiger partial charge is 0.255 e. The van der Waals surface area contributed by atoms with Gasteiger partial charge in [-0.15, -0.1) is 0 Å². The lowest BCUT2D eigenvalue weighted by Crippen LogP contribution is -2.33.